The number of hydrogen-bond donors (Lipinski definition) is 4. The van der Waals surface area contributed by atoms with Crippen LogP contribution in [0.15, 0.2) is 66.8 Å². The second-order valence-electron chi connectivity index (χ2n) is 10.7. The van der Waals surface area contributed by atoms with E-state index in [0.717, 1.165) is 5.56 Å². The number of aliphatic hydroxyl groups excluding tert-OH is 2. The molecule has 0 aromatic heterocycles. The molecule has 1 aliphatic heterocycles. The van der Waals surface area contributed by atoms with E-state index in [1.807, 2.05) is 49.4 Å². The Labute approximate surface area is 196 Å². The topological polar surface area (TPSA) is 89.8 Å². The van der Waals surface area contributed by atoms with Gasteiger partial charge in [-0.3, -0.25) is 4.79 Å². The molecule has 1 amide bonds. The molecule has 2 fully saturated rings. The van der Waals surface area contributed by atoms with Gasteiger partial charge in [0.15, 0.2) is 0 Å². The van der Waals surface area contributed by atoms with Crippen LogP contribution in [-0.4, -0.2) is 45.1 Å². The van der Waals surface area contributed by atoms with Gasteiger partial charge in [-0.15, -0.1) is 0 Å². The summed E-state index contributed by atoms with van der Waals surface area (Å²) in [6.45, 7) is 10.00. The number of benzene rings is 1. The first kappa shape index (κ1) is 23.9. The van der Waals surface area contributed by atoms with Crippen LogP contribution in [0.3, 0.4) is 0 Å². The minimum atomic E-state index is -1.25. The predicted octanol–water partition coefficient (Wildman–Crippen LogP) is 3.17. The summed E-state index contributed by atoms with van der Waals surface area (Å²) >= 11 is 0. The van der Waals surface area contributed by atoms with Gasteiger partial charge in [-0.25, -0.2) is 0 Å². The molecule has 0 radical (unpaired) electrons. The number of hydrogen-bond acceptors (Lipinski definition) is 4. The van der Waals surface area contributed by atoms with E-state index in [4.69, 9.17) is 0 Å². The number of nitrogens with one attached hydrogen (secondary N) is 1. The van der Waals surface area contributed by atoms with Crippen molar-refractivity contribution >= 4 is 5.91 Å². The van der Waals surface area contributed by atoms with Crippen LogP contribution in [0.4, 0.5) is 0 Å². The second kappa shape index (κ2) is 8.86. The zero-order valence-corrected chi connectivity index (χ0v) is 19.8. The van der Waals surface area contributed by atoms with Gasteiger partial charge in [0.1, 0.15) is 0 Å². The molecule has 4 rings (SSSR count). The van der Waals surface area contributed by atoms with Crippen LogP contribution >= 0.6 is 0 Å². The van der Waals surface area contributed by atoms with Crippen LogP contribution in [0.2, 0.25) is 0 Å². The molecule has 5 nitrogen and oxygen atoms in total. The van der Waals surface area contributed by atoms with E-state index < -0.39 is 29.1 Å². The molecule has 1 spiro atoms. The maximum Gasteiger partial charge on any atom is 0.230 e. The van der Waals surface area contributed by atoms with Crippen molar-refractivity contribution in [2.24, 2.45) is 29.1 Å². The molecule has 5 heteroatoms. The van der Waals surface area contributed by atoms with E-state index >= 15 is 0 Å². The van der Waals surface area contributed by atoms with Gasteiger partial charge in [0.2, 0.25) is 5.91 Å². The second-order valence-corrected chi connectivity index (χ2v) is 10.7. The summed E-state index contributed by atoms with van der Waals surface area (Å²) in [7, 11) is 0. The lowest BCUT2D eigenvalue weighted by atomic mass is 9.51. The quantitative estimate of drug-likeness (QED) is 0.520. The van der Waals surface area contributed by atoms with Gasteiger partial charge in [-0.05, 0) is 49.2 Å². The standard InChI is InChI=1S/C28H37NO4/c1-17-9-8-12-21-25(31)19(3)18(2)24-22(15-20-10-6-5-7-11-20)29-26(32)28(21,24)23(30)13-14-27(4,33)16-17/h5-8,10-14,17-18,21-25,30-31,33H,3,9,15-16H2,1-2,4H3,(H,29,32)/t17-,18+,21-,22-,23+,24-,25+,27-,28?/m0/s1. The highest BCUT2D eigenvalue weighted by Gasteiger charge is 2.67. The molecule has 1 saturated heterocycles. The van der Waals surface area contributed by atoms with Crippen molar-refractivity contribution in [3.8, 4) is 0 Å². The summed E-state index contributed by atoms with van der Waals surface area (Å²) in [4.78, 5) is 13.8. The van der Waals surface area contributed by atoms with Crippen molar-refractivity contribution in [3.63, 3.8) is 0 Å². The van der Waals surface area contributed by atoms with Crippen LogP contribution in [-0.2, 0) is 11.2 Å². The van der Waals surface area contributed by atoms with Gasteiger partial charge in [-0.2, -0.15) is 0 Å². The fraction of sp³-hybridized carbons (Fsp3) is 0.536. The fourth-order valence-electron chi connectivity index (χ4n) is 6.61. The Hall–Kier alpha value is -2.21. The fourth-order valence-corrected chi connectivity index (χ4v) is 6.61. The van der Waals surface area contributed by atoms with Crippen molar-refractivity contribution < 1.29 is 20.1 Å². The summed E-state index contributed by atoms with van der Waals surface area (Å²) in [5.74, 6) is -1.09. The molecule has 0 bridgehead atoms. The van der Waals surface area contributed by atoms with Gasteiger partial charge in [0, 0.05) is 17.9 Å². The monoisotopic (exact) mass is 451 g/mol. The van der Waals surface area contributed by atoms with Crippen molar-refractivity contribution in [1.82, 2.24) is 5.32 Å². The zero-order chi connectivity index (χ0) is 24.0. The van der Waals surface area contributed by atoms with Crippen molar-refractivity contribution in [2.45, 2.75) is 63.9 Å². The molecule has 1 saturated carbocycles. The Balaban J connectivity index is 1.85. The maximum absolute atomic E-state index is 13.8. The number of rotatable bonds is 2. The molecule has 3 aliphatic rings. The highest BCUT2D eigenvalue weighted by atomic mass is 16.3. The lowest BCUT2D eigenvalue weighted by molar-refractivity contribution is -0.147. The Kier molecular flexibility index (Phi) is 6.43. The third-order valence-corrected chi connectivity index (χ3v) is 8.16. The van der Waals surface area contributed by atoms with Crippen LogP contribution < -0.4 is 5.32 Å². The number of allylic oxidation sites excluding steroid dienone is 1. The highest BCUT2D eigenvalue weighted by molar-refractivity contribution is 5.88. The van der Waals surface area contributed by atoms with Crippen LogP contribution in [0.5, 0.6) is 0 Å². The molecule has 1 unspecified atom stereocenters. The average Bonchev–Trinajstić information content (AvgIpc) is 3.04. The lowest BCUT2D eigenvalue weighted by Crippen LogP contribution is -2.59. The Morgan fingerprint density at radius 1 is 1.15 bits per heavy atom. The minimum Gasteiger partial charge on any atom is -0.388 e. The third kappa shape index (κ3) is 4.11. The highest BCUT2D eigenvalue weighted by Crippen LogP contribution is 2.57. The molecule has 2 aliphatic carbocycles. The van der Waals surface area contributed by atoms with Crippen LogP contribution in [0.1, 0.15) is 39.2 Å². The first-order chi connectivity index (χ1) is 15.6. The number of aliphatic hydroxyl groups is 3. The smallest absolute Gasteiger partial charge is 0.230 e. The van der Waals surface area contributed by atoms with Gasteiger partial charge in [0.25, 0.3) is 0 Å². The molecule has 1 heterocycles. The van der Waals surface area contributed by atoms with Crippen molar-refractivity contribution in [1.29, 1.82) is 0 Å². The summed E-state index contributed by atoms with van der Waals surface area (Å²) in [5, 5.41) is 37.0. The maximum atomic E-state index is 13.8. The van der Waals surface area contributed by atoms with E-state index in [1.54, 1.807) is 19.1 Å². The Morgan fingerprint density at radius 3 is 2.55 bits per heavy atom. The van der Waals surface area contributed by atoms with Crippen LogP contribution in [0.25, 0.3) is 0 Å². The van der Waals surface area contributed by atoms with Crippen LogP contribution in [0, 0.1) is 29.1 Å². The van der Waals surface area contributed by atoms with E-state index in [-0.39, 0.29) is 29.7 Å². The first-order valence-corrected chi connectivity index (χ1v) is 12.1. The average molecular weight is 452 g/mol. The van der Waals surface area contributed by atoms with Gasteiger partial charge in [0.05, 0.1) is 23.2 Å². The minimum absolute atomic E-state index is 0.176. The van der Waals surface area contributed by atoms with Gasteiger partial charge >= 0.3 is 0 Å². The lowest BCUT2D eigenvalue weighted by Gasteiger charge is -2.51. The largest absolute Gasteiger partial charge is 0.388 e. The zero-order valence-electron chi connectivity index (χ0n) is 19.8. The Bertz CT molecular complexity index is 952. The summed E-state index contributed by atoms with van der Waals surface area (Å²) in [6, 6.07) is 9.80. The Morgan fingerprint density at radius 2 is 1.85 bits per heavy atom. The molecular weight excluding hydrogens is 414 g/mol. The number of carbonyl (C=O) groups excluding carboxylic acids is 1. The molecule has 1 aromatic carbocycles. The summed E-state index contributed by atoms with van der Waals surface area (Å²) < 4.78 is 0. The van der Waals surface area contributed by atoms with E-state index in [9.17, 15) is 20.1 Å². The molecule has 33 heavy (non-hydrogen) atoms. The normalized spacial score (nSPS) is 43.4. The molecule has 9 atom stereocenters. The molecule has 4 N–H and O–H groups in total. The summed E-state index contributed by atoms with van der Waals surface area (Å²) in [5.41, 5.74) is -0.544. The summed E-state index contributed by atoms with van der Waals surface area (Å²) in [6.07, 6.45) is 6.88. The SMILES string of the molecule is C=C1[C@@H](C)[C@H]2[C@H](Cc3ccccc3)NC(=O)C23[C@H](O)C=C[C@](C)(O)C[C@@H](C)CC=C[C@H]3[C@@H]1O. The van der Waals surface area contributed by atoms with Gasteiger partial charge < -0.3 is 20.6 Å². The number of amides is 1. The van der Waals surface area contributed by atoms with E-state index in [2.05, 4.69) is 18.8 Å². The van der Waals surface area contributed by atoms with Crippen molar-refractivity contribution in [2.75, 3.05) is 0 Å². The number of carbonyl (C=O) groups is 1. The molecule has 1 aromatic rings. The van der Waals surface area contributed by atoms with Crippen molar-refractivity contribution in [3.05, 3.63) is 72.4 Å². The van der Waals surface area contributed by atoms with Gasteiger partial charge in [-0.1, -0.05) is 75.1 Å². The molecular formula is C28H37NO4. The first-order valence-electron chi connectivity index (χ1n) is 12.1. The third-order valence-electron chi connectivity index (χ3n) is 8.16. The predicted molar refractivity (Wildman–Crippen MR) is 129 cm³/mol. The van der Waals surface area contributed by atoms with E-state index in [0.29, 0.717) is 24.8 Å². The molecule has 178 valence electrons. The van der Waals surface area contributed by atoms with E-state index in [1.165, 1.54) is 0 Å².